The predicted octanol–water partition coefficient (Wildman–Crippen LogP) is -3.41. The number of carbonyl (C=O) groups is 3. The molecule has 2 fully saturated rings. The van der Waals surface area contributed by atoms with Crippen LogP contribution in [-0.2, 0) is 14.3 Å². The van der Waals surface area contributed by atoms with Gasteiger partial charge in [-0.25, -0.2) is 9.18 Å². The van der Waals surface area contributed by atoms with Crippen LogP contribution in [0.2, 0.25) is 0 Å². The predicted molar refractivity (Wildman–Crippen MR) is 68.5 cm³/mol. The molecule has 2 aliphatic heterocycles. The van der Waals surface area contributed by atoms with Crippen LogP contribution in [0, 0.1) is 0 Å². The Balaban J connectivity index is 2.46. The van der Waals surface area contributed by atoms with Crippen LogP contribution in [0.25, 0.3) is 0 Å². The van der Waals surface area contributed by atoms with E-state index in [1.807, 2.05) is 0 Å². The van der Waals surface area contributed by atoms with Crippen molar-refractivity contribution < 1.29 is 43.9 Å². The van der Waals surface area contributed by atoms with Crippen molar-refractivity contribution in [3.63, 3.8) is 0 Å². The lowest BCUT2D eigenvalue weighted by atomic mass is 9.83. The minimum absolute atomic E-state index is 0.336. The Hall–Kier alpha value is -1.66. The fourth-order valence-corrected chi connectivity index (χ4v) is 2.65. The Bertz CT molecular complexity index is 517. The molecular weight excluding hydrogens is 319 g/mol. The van der Waals surface area contributed by atoms with E-state index in [1.165, 1.54) is 0 Å². The van der Waals surface area contributed by atoms with Gasteiger partial charge >= 0.3 is 6.03 Å². The first kappa shape index (κ1) is 17.7. The molecule has 11 heteroatoms. The highest BCUT2D eigenvalue weighted by Gasteiger charge is 2.66. The van der Waals surface area contributed by atoms with Crippen LogP contribution in [0.15, 0.2) is 0 Å². The lowest BCUT2D eigenvalue weighted by molar-refractivity contribution is -0.256. The maximum absolute atomic E-state index is 15.3. The van der Waals surface area contributed by atoms with Gasteiger partial charge in [0.05, 0.1) is 6.61 Å². The summed E-state index contributed by atoms with van der Waals surface area (Å²) in [6.45, 7) is -0.857. The van der Waals surface area contributed by atoms with Gasteiger partial charge in [-0.2, -0.15) is 0 Å². The number of halogens is 1. The topological polar surface area (TPSA) is 148 Å². The van der Waals surface area contributed by atoms with Gasteiger partial charge in [0.15, 0.2) is 0 Å². The molecule has 0 aromatic heterocycles. The quantitative estimate of drug-likeness (QED) is 0.381. The zero-order valence-corrected chi connectivity index (χ0v) is 12.3. The van der Waals surface area contributed by atoms with Crippen molar-refractivity contribution in [2.45, 2.75) is 36.2 Å². The van der Waals surface area contributed by atoms with Gasteiger partial charge in [0.2, 0.25) is 0 Å². The van der Waals surface area contributed by atoms with Gasteiger partial charge in [-0.15, -0.1) is 0 Å². The molecule has 0 radical (unpaired) electrons. The third kappa shape index (κ3) is 2.32. The molecule has 0 spiro atoms. The van der Waals surface area contributed by atoms with Crippen molar-refractivity contribution in [2.75, 3.05) is 20.7 Å². The van der Waals surface area contributed by atoms with Crippen molar-refractivity contribution >= 4 is 17.8 Å². The average Bonchev–Trinajstić information content (AvgIpc) is 2.54. The lowest BCUT2D eigenvalue weighted by Crippen LogP contribution is -2.75. The number of hydrogen-bond donors (Lipinski definition) is 4. The molecule has 130 valence electrons. The molecule has 2 heterocycles. The van der Waals surface area contributed by atoms with E-state index in [1.54, 1.807) is 0 Å². The summed E-state index contributed by atoms with van der Waals surface area (Å²) in [5.41, 5.74) is -3.49. The Morgan fingerprint density at radius 1 is 1.04 bits per heavy atom. The molecule has 0 saturated carbocycles. The minimum Gasteiger partial charge on any atom is -0.394 e. The third-order valence-corrected chi connectivity index (χ3v) is 4.09. The van der Waals surface area contributed by atoms with Gasteiger partial charge in [0.1, 0.15) is 30.5 Å². The summed E-state index contributed by atoms with van der Waals surface area (Å²) in [6.07, 6.45) is -9.59. The van der Waals surface area contributed by atoms with Crippen LogP contribution in [-0.4, -0.2) is 105 Å². The van der Waals surface area contributed by atoms with Crippen LogP contribution in [0.3, 0.4) is 0 Å². The van der Waals surface area contributed by atoms with Crippen molar-refractivity contribution in [1.82, 2.24) is 9.80 Å². The van der Waals surface area contributed by atoms with Crippen molar-refractivity contribution in [2.24, 2.45) is 0 Å². The second kappa shape index (κ2) is 5.76. The highest BCUT2D eigenvalue weighted by molar-refractivity contribution is 6.21. The summed E-state index contributed by atoms with van der Waals surface area (Å²) in [4.78, 5) is 36.6. The molecule has 2 saturated heterocycles. The van der Waals surface area contributed by atoms with E-state index in [9.17, 15) is 29.7 Å². The standard InChI is InChI=1S/C12H17FN2O8/c1-14-9(20)12(13,10(21)15(2)11(14)22)8-7(19)6(18)5(17)4(3-16)23-8/h4-8,16-19H,3H2,1-2H3/t4-,5-,6+,7-,8-/m1/s1. The second-order valence-electron chi connectivity index (χ2n) is 5.47. The smallest absolute Gasteiger partial charge is 0.333 e. The van der Waals surface area contributed by atoms with E-state index in [2.05, 4.69) is 0 Å². The number of carbonyl (C=O) groups excluding carboxylic acids is 3. The Morgan fingerprint density at radius 3 is 1.96 bits per heavy atom. The molecule has 0 unspecified atom stereocenters. The van der Waals surface area contributed by atoms with Crippen molar-refractivity contribution in [1.29, 1.82) is 0 Å². The number of rotatable bonds is 2. The first-order valence-corrected chi connectivity index (χ1v) is 6.68. The largest absolute Gasteiger partial charge is 0.394 e. The second-order valence-corrected chi connectivity index (χ2v) is 5.47. The lowest BCUT2D eigenvalue weighted by Gasteiger charge is -2.47. The first-order chi connectivity index (χ1) is 10.6. The normalized spacial score (nSPS) is 38.2. The maximum Gasteiger partial charge on any atom is 0.333 e. The summed E-state index contributed by atoms with van der Waals surface area (Å²) in [5, 5.41) is 38.4. The van der Waals surface area contributed by atoms with Gasteiger partial charge in [0.25, 0.3) is 17.5 Å². The van der Waals surface area contributed by atoms with E-state index in [4.69, 9.17) is 9.84 Å². The number of imide groups is 2. The van der Waals surface area contributed by atoms with Gasteiger partial charge in [0, 0.05) is 14.1 Å². The van der Waals surface area contributed by atoms with E-state index in [0.29, 0.717) is 9.80 Å². The molecule has 10 nitrogen and oxygen atoms in total. The van der Waals surface area contributed by atoms with Crippen LogP contribution in [0.4, 0.5) is 9.18 Å². The molecule has 2 rings (SSSR count). The Morgan fingerprint density at radius 2 is 1.52 bits per heavy atom. The van der Waals surface area contributed by atoms with E-state index >= 15 is 4.39 Å². The molecule has 0 bridgehead atoms. The zero-order valence-electron chi connectivity index (χ0n) is 12.3. The number of aliphatic hydroxyl groups excluding tert-OH is 4. The number of barbiturate groups is 1. The molecule has 0 aliphatic carbocycles. The third-order valence-electron chi connectivity index (χ3n) is 4.09. The summed E-state index contributed by atoms with van der Waals surface area (Å²) in [6, 6.07) is -1.07. The van der Waals surface area contributed by atoms with Gasteiger partial charge in [-0.3, -0.25) is 19.4 Å². The average molecular weight is 336 g/mol. The summed E-state index contributed by atoms with van der Waals surface area (Å²) >= 11 is 0. The summed E-state index contributed by atoms with van der Waals surface area (Å²) < 4.78 is 20.2. The maximum atomic E-state index is 15.3. The highest BCUT2D eigenvalue weighted by atomic mass is 19.1. The molecule has 5 atom stereocenters. The number of amides is 4. The fraction of sp³-hybridized carbons (Fsp3) is 0.750. The summed E-state index contributed by atoms with van der Waals surface area (Å²) in [5.74, 6) is -3.15. The van der Waals surface area contributed by atoms with Crippen molar-refractivity contribution in [3.8, 4) is 0 Å². The first-order valence-electron chi connectivity index (χ1n) is 6.68. The van der Waals surface area contributed by atoms with Crippen LogP contribution in [0.1, 0.15) is 0 Å². The number of nitrogens with zero attached hydrogens (tertiary/aromatic N) is 2. The van der Waals surface area contributed by atoms with Crippen LogP contribution >= 0.6 is 0 Å². The summed E-state index contributed by atoms with van der Waals surface area (Å²) in [7, 11) is 1.87. The minimum atomic E-state index is -3.49. The molecular formula is C12H17FN2O8. The monoisotopic (exact) mass is 336 g/mol. The molecule has 0 aromatic rings. The SMILES string of the molecule is CN1C(=O)N(C)C(=O)C(F)([C@@H]2O[C@H](CO)[C@@H](O)[C@H](O)[C@H]2O)C1=O. The van der Waals surface area contributed by atoms with Crippen LogP contribution < -0.4 is 0 Å². The molecule has 2 aliphatic rings. The number of hydrogen-bond acceptors (Lipinski definition) is 8. The molecule has 0 aromatic carbocycles. The van der Waals surface area contributed by atoms with E-state index in [0.717, 1.165) is 14.1 Å². The zero-order chi connectivity index (χ0) is 17.7. The van der Waals surface area contributed by atoms with Crippen molar-refractivity contribution in [3.05, 3.63) is 0 Å². The van der Waals surface area contributed by atoms with E-state index < -0.39 is 60.6 Å². The number of urea groups is 1. The number of aliphatic hydroxyl groups is 4. The van der Waals surface area contributed by atoms with E-state index in [-0.39, 0.29) is 0 Å². The molecule has 4 N–H and O–H groups in total. The van der Waals surface area contributed by atoms with Gasteiger partial charge < -0.3 is 25.2 Å². The fourth-order valence-electron chi connectivity index (χ4n) is 2.65. The number of ether oxygens (including phenoxy) is 1. The van der Waals surface area contributed by atoms with Gasteiger partial charge in [-0.1, -0.05) is 0 Å². The Kier molecular flexibility index (Phi) is 4.43. The molecule has 23 heavy (non-hydrogen) atoms. The van der Waals surface area contributed by atoms with Crippen LogP contribution in [0.5, 0.6) is 0 Å². The Labute approximate surface area is 129 Å². The molecule has 4 amide bonds. The highest BCUT2D eigenvalue weighted by Crippen LogP contribution is 2.35. The number of alkyl halides is 1. The van der Waals surface area contributed by atoms with Gasteiger partial charge in [-0.05, 0) is 0 Å².